The zero-order chi connectivity index (χ0) is 14.5. The second kappa shape index (κ2) is 6.58. The quantitative estimate of drug-likeness (QED) is 0.840. The van der Waals surface area contributed by atoms with Crippen LogP contribution in [0.5, 0.6) is 0 Å². The number of hydrogen-bond acceptors (Lipinski definition) is 4. The highest BCUT2D eigenvalue weighted by atomic mass is 32.2. The molecule has 0 saturated heterocycles. The maximum Gasteiger partial charge on any atom is 0.231 e. The van der Waals surface area contributed by atoms with Crippen LogP contribution in [0.2, 0.25) is 0 Å². The van der Waals surface area contributed by atoms with Crippen LogP contribution < -0.4 is 5.32 Å². The minimum absolute atomic E-state index is 0.0592. The Balaban J connectivity index is 2.53. The fourth-order valence-electron chi connectivity index (χ4n) is 1.31. The third-order valence-corrected chi connectivity index (χ3v) is 3.97. The number of rotatable bonds is 5. The molecule has 0 aliphatic heterocycles. The summed E-state index contributed by atoms with van der Waals surface area (Å²) in [7, 11) is 0. The van der Waals surface area contributed by atoms with E-state index in [1.54, 1.807) is 13.1 Å². The molecule has 1 aromatic rings. The van der Waals surface area contributed by atoms with Gasteiger partial charge in [-0.1, -0.05) is 31.7 Å². The second-order valence-corrected chi connectivity index (χ2v) is 5.98. The Morgan fingerprint density at radius 2 is 2.26 bits per heavy atom. The van der Waals surface area contributed by atoms with Crippen molar-refractivity contribution in [1.29, 1.82) is 5.26 Å². The van der Waals surface area contributed by atoms with E-state index in [1.807, 2.05) is 32.9 Å². The van der Waals surface area contributed by atoms with Crippen molar-refractivity contribution in [1.82, 2.24) is 10.3 Å². The van der Waals surface area contributed by atoms with Crippen LogP contribution in [0, 0.1) is 24.2 Å². The van der Waals surface area contributed by atoms with Gasteiger partial charge in [-0.25, -0.2) is 4.98 Å². The van der Waals surface area contributed by atoms with Crippen LogP contribution in [0.1, 0.15) is 26.3 Å². The largest absolute Gasteiger partial charge is 0.337 e. The first-order valence-electron chi connectivity index (χ1n) is 6.15. The molecule has 0 spiro atoms. The van der Waals surface area contributed by atoms with E-state index >= 15 is 0 Å². The molecule has 0 bridgehead atoms. The third kappa shape index (κ3) is 4.56. The monoisotopic (exact) mass is 277 g/mol. The van der Waals surface area contributed by atoms with Crippen molar-refractivity contribution in [3.05, 3.63) is 23.9 Å². The van der Waals surface area contributed by atoms with Gasteiger partial charge >= 0.3 is 0 Å². The lowest BCUT2D eigenvalue weighted by atomic mass is 9.90. The maximum atomic E-state index is 11.9. The zero-order valence-corrected chi connectivity index (χ0v) is 12.5. The molecule has 0 saturated carbocycles. The Bertz CT molecular complexity index is 478. The Kier molecular flexibility index (Phi) is 5.37. The van der Waals surface area contributed by atoms with Crippen LogP contribution in [0.25, 0.3) is 0 Å². The fourth-order valence-corrected chi connectivity index (χ4v) is 1.95. The van der Waals surface area contributed by atoms with Crippen LogP contribution in [0.3, 0.4) is 0 Å². The molecule has 1 heterocycles. The van der Waals surface area contributed by atoms with Gasteiger partial charge in [0.2, 0.25) is 5.91 Å². The highest BCUT2D eigenvalue weighted by molar-refractivity contribution is 7.99. The zero-order valence-electron chi connectivity index (χ0n) is 11.7. The van der Waals surface area contributed by atoms with Gasteiger partial charge in [-0.05, 0) is 31.4 Å². The first-order chi connectivity index (χ1) is 8.87. The molecule has 0 aromatic carbocycles. The van der Waals surface area contributed by atoms with Crippen molar-refractivity contribution in [3.8, 4) is 6.07 Å². The summed E-state index contributed by atoms with van der Waals surface area (Å²) in [5, 5.41) is 12.7. The number of nitrogens with zero attached hydrogens (tertiary/aromatic N) is 2. The van der Waals surface area contributed by atoms with Crippen LogP contribution in [-0.2, 0) is 4.79 Å². The topological polar surface area (TPSA) is 65.8 Å². The summed E-state index contributed by atoms with van der Waals surface area (Å²) in [6.07, 6.45) is 1.77. The minimum atomic E-state index is -0.821. The van der Waals surface area contributed by atoms with Gasteiger partial charge in [-0.3, -0.25) is 4.79 Å². The number of pyridine rings is 1. The standard InChI is InChI=1S/C14H19N3OS/c1-10(2)14(4,9-15)17-12(18)8-19-13-6-5-11(3)7-16-13/h5-7,10H,8H2,1-4H3,(H,17,18)/t14-/m0/s1. The molecule has 4 nitrogen and oxygen atoms in total. The van der Waals surface area contributed by atoms with Crippen LogP contribution >= 0.6 is 11.8 Å². The molecule has 1 amide bonds. The van der Waals surface area contributed by atoms with E-state index in [0.717, 1.165) is 10.6 Å². The smallest absolute Gasteiger partial charge is 0.231 e. The van der Waals surface area contributed by atoms with Gasteiger partial charge < -0.3 is 5.32 Å². The van der Waals surface area contributed by atoms with Gasteiger partial charge in [0.25, 0.3) is 0 Å². The Labute approximate surface area is 118 Å². The summed E-state index contributed by atoms with van der Waals surface area (Å²) in [4.78, 5) is 16.1. The van der Waals surface area contributed by atoms with Crippen LogP contribution in [0.15, 0.2) is 23.4 Å². The predicted octanol–water partition coefficient (Wildman–Crippen LogP) is 2.54. The van der Waals surface area contributed by atoms with E-state index in [-0.39, 0.29) is 17.6 Å². The lowest BCUT2D eigenvalue weighted by Crippen LogP contribution is -2.49. The number of carbonyl (C=O) groups excluding carboxylic acids is 1. The summed E-state index contributed by atoms with van der Waals surface area (Å²) in [5.74, 6) is 0.175. The van der Waals surface area contributed by atoms with Gasteiger partial charge in [0, 0.05) is 6.20 Å². The second-order valence-electron chi connectivity index (χ2n) is 4.98. The normalized spacial score (nSPS) is 13.7. The molecule has 5 heteroatoms. The van der Waals surface area contributed by atoms with E-state index in [9.17, 15) is 4.79 Å². The van der Waals surface area contributed by atoms with Crippen molar-refractivity contribution in [2.45, 2.75) is 38.3 Å². The number of thioether (sulfide) groups is 1. The predicted molar refractivity (Wildman–Crippen MR) is 76.7 cm³/mol. The molecular weight excluding hydrogens is 258 g/mol. The lowest BCUT2D eigenvalue weighted by Gasteiger charge is -2.27. The van der Waals surface area contributed by atoms with Gasteiger partial charge in [-0.2, -0.15) is 5.26 Å². The number of hydrogen-bond donors (Lipinski definition) is 1. The van der Waals surface area contributed by atoms with E-state index in [2.05, 4.69) is 16.4 Å². The van der Waals surface area contributed by atoms with Crippen molar-refractivity contribution in [3.63, 3.8) is 0 Å². The number of aryl methyl sites for hydroxylation is 1. The van der Waals surface area contributed by atoms with Gasteiger partial charge in [0.15, 0.2) is 0 Å². The summed E-state index contributed by atoms with van der Waals surface area (Å²) in [6, 6.07) is 6.00. The van der Waals surface area contributed by atoms with Gasteiger partial charge in [-0.15, -0.1) is 0 Å². The summed E-state index contributed by atoms with van der Waals surface area (Å²) in [5.41, 5.74) is 0.267. The Hall–Kier alpha value is -1.54. The lowest BCUT2D eigenvalue weighted by molar-refractivity contribution is -0.120. The molecule has 0 radical (unpaired) electrons. The van der Waals surface area contributed by atoms with Gasteiger partial charge in [0.1, 0.15) is 5.54 Å². The van der Waals surface area contributed by atoms with E-state index < -0.39 is 5.54 Å². The average Bonchev–Trinajstić information content (AvgIpc) is 2.37. The first-order valence-corrected chi connectivity index (χ1v) is 7.13. The summed E-state index contributed by atoms with van der Waals surface area (Å²) < 4.78 is 0. The van der Waals surface area contributed by atoms with Crippen molar-refractivity contribution < 1.29 is 4.79 Å². The highest BCUT2D eigenvalue weighted by Gasteiger charge is 2.29. The van der Waals surface area contributed by atoms with Crippen LogP contribution in [0.4, 0.5) is 0 Å². The van der Waals surface area contributed by atoms with Gasteiger partial charge in [0.05, 0.1) is 16.8 Å². The molecule has 0 fully saturated rings. The molecule has 1 rings (SSSR count). The first kappa shape index (κ1) is 15.5. The van der Waals surface area contributed by atoms with E-state index in [4.69, 9.17) is 5.26 Å². The maximum absolute atomic E-state index is 11.9. The minimum Gasteiger partial charge on any atom is -0.337 e. The number of nitriles is 1. The molecule has 0 aliphatic carbocycles. The Morgan fingerprint density at radius 1 is 1.58 bits per heavy atom. The van der Waals surface area contributed by atoms with E-state index in [0.29, 0.717) is 0 Å². The SMILES string of the molecule is Cc1ccc(SCC(=O)N[C@@](C)(C#N)C(C)C)nc1. The van der Waals surface area contributed by atoms with Crippen molar-refractivity contribution >= 4 is 17.7 Å². The van der Waals surface area contributed by atoms with Crippen molar-refractivity contribution in [2.24, 2.45) is 5.92 Å². The van der Waals surface area contributed by atoms with E-state index in [1.165, 1.54) is 11.8 Å². The molecule has 1 atom stereocenters. The van der Waals surface area contributed by atoms with Crippen molar-refractivity contribution in [2.75, 3.05) is 5.75 Å². The molecule has 0 unspecified atom stereocenters. The molecular formula is C14H19N3OS. The molecule has 102 valence electrons. The number of aromatic nitrogens is 1. The number of nitrogens with one attached hydrogen (secondary N) is 1. The molecule has 1 aromatic heterocycles. The number of amides is 1. The highest BCUT2D eigenvalue weighted by Crippen LogP contribution is 2.18. The third-order valence-electron chi connectivity index (χ3n) is 3.02. The molecule has 0 aliphatic rings. The fraction of sp³-hybridized carbons (Fsp3) is 0.500. The summed E-state index contributed by atoms with van der Waals surface area (Å²) >= 11 is 1.37. The number of carbonyl (C=O) groups is 1. The molecule has 19 heavy (non-hydrogen) atoms. The molecule has 1 N–H and O–H groups in total. The van der Waals surface area contributed by atoms with Crippen LogP contribution in [-0.4, -0.2) is 22.2 Å². The summed E-state index contributed by atoms with van der Waals surface area (Å²) in [6.45, 7) is 7.54. The average molecular weight is 277 g/mol. The Morgan fingerprint density at radius 3 is 2.74 bits per heavy atom.